The number of amides is 1. The number of nitro groups is 1. The summed E-state index contributed by atoms with van der Waals surface area (Å²) in [7, 11) is 1.31. The van der Waals surface area contributed by atoms with Crippen molar-refractivity contribution in [1.29, 1.82) is 0 Å². The molecule has 0 aliphatic carbocycles. The van der Waals surface area contributed by atoms with Gasteiger partial charge in [0.15, 0.2) is 6.61 Å². The maximum atomic E-state index is 13.9. The van der Waals surface area contributed by atoms with Crippen LogP contribution >= 0.6 is 0 Å². The summed E-state index contributed by atoms with van der Waals surface area (Å²) in [6.07, 6.45) is 0. The molecule has 0 fully saturated rings. The summed E-state index contributed by atoms with van der Waals surface area (Å²) in [4.78, 5) is 22.0. The van der Waals surface area contributed by atoms with Crippen molar-refractivity contribution in [3.8, 4) is 5.75 Å². The van der Waals surface area contributed by atoms with E-state index in [4.69, 9.17) is 10.5 Å². The van der Waals surface area contributed by atoms with Crippen molar-refractivity contribution in [1.82, 2.24) is 0 Å². The molecule has 0 radical (unpaired) electrons. The predicted octanol–water partition coefficient (Wildman–Crippen LogP) is 0.671. The predicted molar refractivity (Wildman–Crippen MR) is 56.4 cm³/mol. The minimum absolute atomic E-state index is 0.0210. The van der Waals surface area contributed by atoms with Gasteiger partial charge in [-0.15, -0.1) is 0 Å². The number of rotatable bonds is 1. The molecule has 0 spiro atoms. The van der Waals surface area contributed by atoms with Gasteiger partial charge in [-0.2, -0.15) is 4.39 Å². The number of nitrogen functional groups attached to an aromatic ring is 1. The van der Waals surface area contributed by atoms with Crippen LogP contribution in [-0.4, -0.2) is 24.5 Å². The summed E-state index contributed by atoms with van der Waals surface area (Å²) in [5.74, 6) is -1.64. The third-order valence-electron chi connectivity index (χ3n) is 2.45. The summed E-state index contributed by atoms with van der Waals surface area (Å²) >= 11 is 0. The van der Waals surface area contributed by atoms with Crippen molar-refractivity contribution in [2.24, 2.45) is 0 Å². The zero-order valence-electron chi connectivity index (χ0n) is 8.77. The highest BCUT2D eigenvalue weighted by Gasteiger charge is 2.33. The van der Waals surface area contributed by atoms with Crippen LogP contribution in [0.4, 0.5) is 21.5 Å². The first-order valence-corrected chi connectivity index (χ1v) is 4.59. The first kappa shape index (κ1) is 11.1. The second kappa shape index (κ2) is 3.58. The van der Waals surface area contributed by atoms with Crippen LogP contribution in [0.5, 0.6) is 5.75 Å². The van der Waals surface area contributed by atoms with Crippen molar-refractivity contribution in [2.45, 2.75) is 0 Å². The Morgan fingerprint density at radius 3 is 2.88 bits per heavy atom. The van der Waals surface area contributed by atoms with E-state index in [1.54, 1.807) is 0 Å². The van der Waals surface area contributed by atoms with Gasteiger partial charge in [0.1, 0.15) is 17.1 Å². The fourth-order valence-corrected chi connectivity index (χ4v) is 1.59. The number of nitrogens with zero attached hydrogens (tertiary/aromatic N) is 2. The Morgan fingerprint density at radius 2 is 2.29 bits per heavy atom. The number of nitro benzene ring substituents is 1. The monoisotopic (exact) mass is 241 g/mol. The van der Waals surface area contributed by atoms with Crippen LogP contribution in [0.15, 0.2) is 6.07 Å². The Bertz CT molecular complexity index is 531. The van der Waals surface area contributed by atoms with Gasteiger partial charge in [-0.1, -0.05) is 0 Å². The molecule has 1 aliphatic rings. The van der Waals surface area contributed by atoms with E-state index in [1.807, 2.05) is 0 Å². The van der Waals surface area contributed by atoms with Gasteiger partial charge in [0.2, 0.25) is 5.82 Å². The summed E-state index contributed by atoms with van der Waals surface area (Å²) in [6.45, 7) is -0.250. The van der Waals surface area contributed by atoms with Crippen LogP contribution in [0.25, 0.3) is 0 Å². The minimum Gasteiger partial charge on any atom is -0.481 e. The van der Waals surface area contributed by atoms with E-state index in [0.29, 0.717) is 0 Å². The summed E-state index contributed by atoms with van der Waals surface area (Å²) in [6, 6.07) is 1.14. The maximum absolute atomic E-state index is 13.9. The highest BCUT2D eigenvalue weighted by Crippen LogP contribution is 2.41. The second-order valence-corrected chi connectivity index (χ2v) is 3.47. The number of likely N-dealkylation sites (N-methyl/N-ethyl adjacent to an activating group) is 1. The van der Waals surface area contributed by atoms with Crippen LogP contribution in [0.2, 0.25) is 0 Å². The molecule has 0 aromatic heterocycles. The normalized spacial score (nSPS) is 14.2. The first-order valence-electron chi connectivity index (χ1n) is 4.59. The number of carbonyl (C=O) groups excluding carboxylic acids is 1. The lowest BCUT2D eigenvalue weighted by atomic mass is 10.1. The van der Waals surface area contributed by atoms with Crippen molar-refractivity contribution < 1.29 is 18.8 Å². The average Bonchev–Trinajstić information content (AvgIpc) is 2.22. The number of fused-ring (bicyclic) bond motifs is 1. The van der Waals surface area contributed by atoms with Gasteiger partial charge in [0, 0.05) is 13.1 Å². The quantitative estimate of drug-likeness (QED) is 0.442. The second-order valence-electron chi connectivity index (χ2n) is 3.47. The highest BCUT2D eigenvalue weighted by atomic mass is 19.1. The van der Waals surface area contributed by atoms with Crippen molar-refractivity contribution in [3.63, 3.8) is 0 Å². The van der Waals surface area contributed by atoms with E-state index in [-0.39, 0.29) is 23.7 Å². The molecule has 7 nitrogen and oxygen atoms in total. The van der Waals surface area contributed by atoms with Crippen LogP contribution in [0.3, 0.4) is 0 Å². The zero-order valence-corrected chi connectivity index (χ0v) is 8.77. The molecule has 8 heteroatoms. The van der Waals surface area contributed by atoms with Crippen molar-refractivity contribution in [3.05, 3.63) is 22.0 Å². The van der Waals surface area contributed by atoms with E-state index in [2.05, 4.69) is 0 Å². The Hall–Kier alpha value is -2.38. The Morgan fingerprint density at radius 1 is 1.65 bits per heavy atom. The SMILES string of the molecule is CN1C(=O)COc2cc(N)c([N+](=O)[O-])c(F)c21. The molecule has 1 heterocycles. The molecule has 1 amide bonds. The molecule has 2 rings (SSSR count). The standard InChI is InChI=1S/C9H8FN3O4/c1-12-6(14)3-17-5-2-4(11)8(13(15)16)7(10)9(5)12/h2H,3,11H2,1H3. The van der Waals surface area contributed by atoms with Gasteiger partial charge in [-0.25, -0.2) is 0 Å². The summed E-state index contributed by atoms with van der Waals surface area (Å²) in [5.41, 5.74) is 3.91. The molecular formula is C9H8FN3O4. The third kappa shape index (κ3) is 1.53. The lowest BCUT2D eigenvalue weighted by molar-refractivity contribution is -0.386. The third-order valence-corrected chi connectivity index (χ3v) is 2.45. The number of ether oxygens (including phenoxy) is 1. The summed E-state index contributed by atoms with van der Waals surface area (Å²) in [5, 5.41) is 10.7. The van der Waals surface area contributed by atoms with E-state index in [9.17, 15) is 19.3 Å². The number of benzene rings is 1. The molecule has 0 saturated heterocycles. The number of hydrogen-bond donors (Lipinski definition) is 1. The molecule has 1 aromatic carbocycles. The zero-order chi connectivity index (χ0) is 12.7. The smallest absolute Gasteiger partial charge is 0.329 e. The van der Waals surface area contributed by atoms with E-state index >= 15 is 0 Å². The van der Waals surface area contributed by atoms with Gasteiger partial charge in [0.25, 0.3) is 5.91 Å². The Labute approximate surface area is 94.7 Å². The molecule has 1 aliphatic heterocycles. The van der Waals surface area contributed by atoms with Gasteiger partial charge < -0.3 is 15.4 Å². The lowest BCUT2D eigenvalue weighted by Crippen LogP contribution is -2.36. The number of nitrogens with two attached hydrogens (primary N) is 1. The topological polar surface area (TPSA) is 98.7 Å². The van der Waals surface area contributed by atoms with Gasteiger partial charge in [0.05, 0.1) is 4.92 Å². The van der Waals surface area contributed by atoms with Gasteiger partial charge in [-0.3, -0.25) is 14.9 Å². The molecule has 0 atom stereocenters. The van der Waals surface area contributed by atoms with Crippen molar-refractivity contribution in [2.75, 3.05) is 24.3 Å². The first-order chi connectivity index (χ1) is 7.93. The number of halogens is 1. The molecule has 0 unspecified atom stereocenters. The molecule has 1 aromatic rings. The van der Waals surface area contributed by atoms with Crippen LogP contribution in [0.1, 0.15) is 0 Å². The lowest BCUT2D eigenvalue weighted by Gasteiger charge is -2.26. The van der Waals surface area contributed by atoms with Crippen LogP contribution in [0, 0.1) is 15.9 Å². The summed E-state index contributed by atoms with van der Waals surface area (Å²) < 4.78 is 18.9. The van der Waals surface area contributed by atoms with Crippen LogP contribution in [-0.2, 0) is 4.79 Å². The molecule has 2 N–H and O–H groups in total. The fourth-order valence-electron chi connectivity index (χ4n) is 1.59. The average molecular weight is 241 g/mol. The molecule has 0 saturated carbocycles. The Balaban J connectivity index is 2.72. The van der Waals surface area contributed by atoms with E-state index in [0.717, 1.165) is 11.0 Å². The number of carbonyl (C=O) groups is 1. The van der Waals surface area contributed by atoms with Gasteiger partial charge in [-0.05, 0) is 0 Å². The maximum Gasteiger partial charge on any atom is 0.329 e. The molecule has 90 valence electrons. The van der Waals surface area contributed by atoms with E-state index in [1.165, 1.54) is 7.05 Å². The van der Waals surface area contributed by atoms with E-state index < -0.39 is 22.3 Å². The molecular weight excluding hydrogens is 233 g/mol. The largest absolute Gasteiger partial charge is 0.481 e. The number of anilines is 2. The minimum atomic E-state index is -1.17. The van der Waals surface area contributed by atoms with Crippen LogP contribution < -0.4 is 15.4 Å². The molecule has 0 bridgehead atoms. The fraction of sp³-hybridized carbons (Fsp3) is 0.222. The Kier molecular flexibility index (Phi) is 2.34. The highest BCUT2D eigenvalue weighted by molar-refractivity contribution is 5.98. The number of hydrogen-bond acceptors (Lipinski definition) is 5. The molecule has 17 heavy (non-hydrogen) atoms. The van der Waals surface area contributed by atoms with Crippen molar-refractivity contribution >= 4 is 23.0 Å². The van der Waals surface area contributed by atoms with Gasteiger partial charge >= 0.3 is 5.69 Å².